The molecule has 0 unspecified atom stereocenters. The molecule has 2 bridgehead atoms. The van der Waals surface area contributed by atoms with Crippen molar-refractivity contribution in [1.82, 2.24) is 9.80 Å². The van der Waals surface area contributed by atoms with E-state index in [2.05, 4.69) is 21.9 Å². The molecule has 0 amide bonds. The predicted molar refractivity (Wildman–Crippen MR) is 100 cm³/mol. The highest BCUT2D eigenvalue weighted by atomic mass is 16.1. The van der Waals surface area contributed by atoms with Gasteiger partial charge in [0.2, 0.25) is 0 Å². The Labute approximate surface area is 151 Å². The van der Waals surface area contributed by atoms with E-state index in [1.165, 1.54) is 12.0 Å². The highest BCUT2D eigenvalue weighted by Crippen LogP contribution is 2.30. The average molecular weight is 342 g/mol. The molecule has 3 rings (SSSR count). The Morgan fingerprint density at radius 2 is 1.84 bits per heavy atom. The Morgan fingerprint density at radius 1 is 1.08 bits per heavy atom. The van der Waals surface area contributed by atoms with Gasteiger partial charge < -0.3 is 0 Å². The van der Waals surface area contributed by atoms with Crippen molar-refractivity contribution in [3.8, 4) is 0 Å². The number of hydrogen-bond acceptors (Lipinski definition) is 4. The first kappa shape index (κ1) is 18.3. The number of Topliss-reactive ketones (excluding diaryl/α,β-unsaturated/α-hetero) is 2. The van der Waals surface area contributed by atoms with E-state index in [9.17, 15) is 9.59 Å². The highest BCUT2D eigenvalue weighted by Gasteiger charge is 2.42. The molecular weight excluding hydrogens is 312 g/mol. The fourth-order valence-corrected chi connectivity index (χ4v) is 4.23. The molecule has 1 aromatic rings. The van der Waals surface area contributed by atoms with Crippen LogP contribution in [-0.4, -0.2) is 59.6 Å². The number of rotatable bonds is 9. The van der Waals surface area contributed by atoms with Crippen molar-refractivity contribution in [3.63, 3.8) is 0 Å². The number of piperazine rings is 1. The maximum Gasteiger partial charge on any atom is 0.162 e. The largest absolute Gasteiger partial charge is 0.298 e. The van der Waals surface area contributed by atoms with Crippen molar-refractivity contribution < 1.29 is 9.59 Å². The van der Waals surface area contributed by atoms with E-state index >= 15 is 0 Å². The SMILES string of the molecule is CCC(=O)CN1C[C@@H]2C[C@H]1CN2CCCc1cccc(C(=O)CC)c1. The maximum atomic E-state index is 11.8. The van der Waals surface area contributed by atoms with Gasteiger partial charge in [0.1, 0.15) is 5.78 Å². The van der Waals surface area contributed by atoms with E-state index in [1.807, 2.05) is 26.0 Å². The topological polar surface area (TPSA) is 40.6 Å². The third kappa shape index (κ3) is 4.36. The van der Waals surface area contributed by atoms with Crippen LogP contribution >= 0.6 is 0 Å². The zero-order valence-corrected chi connectivity index (χ0v) is 15.5. The normalized spacial score (nSPS) is 23.3. The van der Waals surface area contributed by atoms with Crippen LogP contribution in [0.1, 0.15) is 55.5 Å². The minimum absolute atomic E-state index is 0.223. The molecule has 1 aromatic carbocycles. The van der Waals surface area contributed by atoms with Crippen molar-refractivity contribution in [1.29, 1.82) is 0 Å². The monoisotopic (exact) mass is 342 g/mol. The first-order valence-corrected chi connectivity index (χ1v) is 9.72. The molecular formula is C21H30N2O2. The number of nitrogens with zero attached hydrogens (tertiary/aromatic N) is 2. The molecule has 0 N–H and O–H groups in total. The van der Waals surface area contributed by atoms with E-state index in [0.717, 1.165) is 38.0 Å². The van der Waals surface area contributed by atoms with Crippen LogP contribution in [0.2, 0.25) is 0 Å². The van der Waals surface area contributed by atoms with Crippen molar-refractivity contribution in [2.24, 2.45) is 0 Å². The van der Waals surface area contributed by atoms with Crippen LogP contribution in [0.5, 0.6) is 0 Å². The van der Waals surface area contributed by atoms with E-state index in [4.69, 9.17) is 0 Å². The first-order valence-electron chi connectivity index (χ1n) is 9.72. The van der Waals surface area contributed by atoms with Gasteiger partial charge in [0.25, 0.3) is 0 Å². The Hall–Kier alpha value is -1.52. The van der Waals surface area contributed by atoms with Crippen LogP contribution in [0.3, 0.4) is 0 Å². The zero-order chi connectivity index (χ0) is 17.8. The second kappa shape index (κ2) is 8.24. The molecule has 4 nitrogen and oxygen atoms in total. The van der Waals surface area contributed by atoms with Crippen molar-refractivity contribution in [3.05, 3.63) is 35.4 Å². The summed E-state index contributed by atoms with van der Waals surface area (Å²) in [5.74, 6) is 0.584. The number of aryl methyl sites for hydroxylation is 1. The zero-order valence-electron chi connectivity index (χ0n) is 15.5. The third-order valence-electron chi connectivity index (χ3n) is 5.72. The number of carbonyl (C=O) groups excluding carboxylic acids is 2. The smallest absolute Gasteiger partial charge is 0.162 e. The molecule has 0 aromatic heterocycles. The number of benzene rings is 1. The van der Waals surface area contributed by atoms with Gasteiger partial charge in [-0.15, -0.1) is 0 Å². The molecule has 2 aliphatic heterocycles. The van der Waals surface area contributed by atoms with Gasteiger partial charge in [-0.3, -0.25) is 19.4 Å². The number of hydrogen-bond donors (Lipinski definition) is 0. The van der Waals surface area contributed by atoms with E-state index < -0.39 is 0 Å². The van der Waals surface area contributed by atoms with Crippen LogP contribution in [0, 0.1) is 0 Å². The summed E-state index contributed by atoms with van der Waals surface area (Å²) < 4.78 is 0. The molecule has 2 atom stereocenters. The van der Waals surface area contributed by atoms with Gasteiger partial charge in [0.05, 0.1) is 6.54 Å². The van der Waals surface area contributed by atoms with Gasteiger partial charge in [-0.2, -0.15) is 0 Å². The highest BCUT2D eigenvalue weighted by molar-refractivity contribution is 5.95. The minimum atomic E-state index is 0.223. The molecule has 25 heavy (non-hydrogen) atoms. The second-order valence-corrected chi connectivity index (χ2v) is 7.44. The molecule has 2 heterocycles. The lowest BCUT2D eigenvalue weighted by Crippen LogP contribution is -2.48. The lowest BCUT2D eigenvalue weighted by atomic mass is 10.0. The Bertz CT molecular complexity index is 628. The van der Waals surface area contributed by atoms with Crippen LogP contribution in [0.4, 0.5) is 0 Å². The van der Waals surface area contributed by atoms with Crippen molar-refractivity contribution in [2.45, 2.75) is 58.0 Å². The fourth-order valence-electron chi connectivity index (χ4n) is 4.23. The van der Waals surface area contributed by atoms with E-state index in [0.29, 0.717) is 37.3 Å². The molecule has 2 saturated heterocycles. The summed E-state index contributed by atoms with van der Waals surface area (Å²) in [6.07, 6.45) is 4.59. The quantitative estimate of drug-likeness (QED) is 0.647. The Balaban J connectivity index is 1.44. The van der Waals surface area contributed by atoms with Crippen LogP contribution in [0.25, 0.3) is 0 Å². The molecule has 136 valence electrons. The van der Waals surface area contributed by atoms with E-state index in [1.54, 1.807) is 0 Å². The molecule has 0 aliphatic carbocycles. The number of carbonyl (C=O) groups is 2. The molecule has 4 heteroatoms. The predicted octanol–water partition coefficient (Wildman–Crippen LogP) is 2.95. The summed E-state index contributed by atoms with van der Waals surface area (Å²) >= 11 is 0. The molecule has 0 radical (unpaired) electrons. The van der Waals surface area contributed by atoms with Crippen molar-refractivity contribution >= 4 is 11.6 Å². The molecule has 0 spiro atoms. The standard InChI is InChI=1S/C21H30N2O2/c1-3-20(24)15-23-14-18-12-19(23)13-22(18)10-6-8-16-7-5-9-17(11-16)21(25)4-2/h5,7,9,11,18-19H,3-4,6,8,10,12-15H2,1-2H3/t18-,19-/m0/s1. The summed E-state index contributed by atoms with van der Waals surface area (Å²) in [5, 5.41) is 0. The maximum absolute atomic E-state index is 11.8. The van der Waals surface area contributed by atoms with Crippen molar-refractivity contribution in [2.75, 3.05) is 26.2 Å². The lowest BCUT2D eigenvalue weighted by molar-refractivity contribution is -0.120. The summed E-state index contributed by atoms with van der Waals surface area (Å²) in [4.78, 5) is 28.5. The first-order chi connectivity index (χ1) is 12.1. The molecule has 0 saturated carbocycles. The van der Waals surface area contributed by atoms with Gasteiger partial charge in [-0.1, -0.05) is 32.0 Å². The van der Waals surface area contributed by atoms with Gasteiger partial charge in [0.15, 0.2) is 5.78 Å². The average Bonchev–Trinajstić information content (AvgIpc) is 3.21. The van der Waals surface area contributed by atoms with Crippen LogP contribution in [0.15, 0.2) is 24.3 Å². The van der Waals surface area contributed by atoms with E-state index in [-0.39, 0.29) is 5.78 Å². The molecule has 2 aliphatic rings. The minimum Gasteiger partial charge on any atom is -0.298 e. The molecule has 2 fully saturated rings. The Morgan fingerprint density at radius 3 is 2.52 bits per heavy atom. The fraction of sp³-hybridized carbons (Fsp3) is 0.619. The second-order valence-electron chi connectivity index (χ2n) is 7.44. The summed E-state index contributed by atoms with van der Waals surface area (Å²) in [7, 11) is 0. The van der Waals surface area contributed by atoms with Gasteiger partial charge in [0, 0.05) is 43.6 Å². The van der Waals surface area contributed by atoms with Gasteiger partial charge in [-0.05, 0) is 37.4 Å². The van der Waals surface area contributed by atoms with Crippen LogP contribution in [-0.2, 0) is 11.2 Å². The van der Waals surface area contributed by atoms with Crippen LogP contribution < -0.4 is 0 Å². The number of fused-ring (bicyclic) bond motifs is 2. The summed E-state index contributed by atoms with van der Waals surface area (Å²) in [6, 6.07) is 9.30. The summed E-state index contributed by atoms with van der Waals surface area (Å²) in [5.41, 5.74) is 2.11. The summed E-state index contributed by atoms with van der Waals surface area (Å²) in [6.45, 7) is 7.78. The Kier molecular flexibility index (Phi) is 6.02. The third-order valence-corrected chi connectivity index (χ3v) is 5.72. The van der Waals surface area contributed by atoms with Gasteiger partial charge in [-0.25, -0.2) is 0 Å². The van der Waals surface area contributed by atoms with Gasteiger partial charge >= 0.3 is 0 Å². The number of likely N-dealkylation sites (tertiary alicyclic amines) is 2. The lowest BCUT2D eigenvalue weighted by Gasteiger charge is -2.33. The number of ketones is 2.